The summed E-state index contributed by atoms with van der Waals surface area (Å²) in [5.74, 6) is 6.66. The minimum atomic E-state index is 0.547. The van der Waals surface area contributed by atoms with Crippen LogP contribution >= 0.6 is 0 Å². The molecule has 0 aliphatic carbocycles. The molecule has 3 N–H and O–H groups in total. The van der Waals surface area contributed by atoms with Gasteiger partial charge in [-0.2, -0.15) is 0 Å². The lowest BCUT2D eigenvalue weighted by Crippen LogP contribution is -2.10. The Morgan fingerprint density at radius 2 is 1.89 bits per heavy atom. The predicted molar refractivity (Wildman–Crippen MR) is 73.8 cm³/mol. The first-order valence-corrected chi connectivity index (χ1v) is 6.07. The second-order valence-corrected chi connectivity index (χ2v) is 4.67. The lowest BCUT2D eigenvalue weighted by molar-refractivity contribution is 0.637. The van der Waals surface area contributed by atoms with Gasteiger partial charge in [0.05, 0.1) is 5.69 Å². The highest BCUT2D eigenvalue weighted by Crippen LogP contribution is 2.25. The van der Waals surface area contributed by atoms with Crippen molar-refractivity contribution in [2.75, 3.05) is 5.43 Å². The van der Waals surface area contributed by atoms with Gasteiger partial charge in [-0.05, 0) is 42.2 Å². The van der Waals surface area contributed by atoms with Crippen molar-refractivity contribution in [3.05, 3.63) is 42.4 Å². The van der Waals surface area contributed by atoms with E-state index < -0.39 is 0 Å². The van der Waals surface area contributed by atoms with Crippen molar-refractivity contribution in [2.24, 2.45) is 11.8 Å². The minimum Gasteiger partial charge on any atom is -0.308 e. The number of nitrogens with zero attached hydrogens (tertiary/aromatic N) is 2. The highest BCUT2D eigenvalue weighted by Gasteiger charge is 2.09. The molecule has 0 saturated carbocycles. The average Bonchev–Trinajstić information content (AvgIpc) is 2.39. The van der Waals surface area contributed by atoms with Crippen LogP contribution in [0.5, 0.6) is 0 Å². The first-order valence-electron chi connectivity index (χ1n) is 6.07. The minimum absolute atomic E-state index is 0.547. The molecule has 18 heavy (non-hydrogen) atoms. The molecule has 2 aromatic heterocycles. The van der Waals surface area contributed by atoms with E-state index in [9.17, 15) is 0 Å². The van der Waals surface area contributed by atoms with Gasteiger partial charge in [-0.25, -0.2) is 10.8 Å². The van der Waals surface area contributed by atoms with Gasteiger partial charge in [0.2, 0.25) is 0 Å². The van der Waals surface area contributed by atoms with Crippen LogP contribution in [-0.2, 0) is 6.42 Å². The van der Waals surface area contributed by atoms with Gasteiger partial charge in [0.15, 0.2) is 0 Å². The number of nitrogens with one attached hydrogen (secondary N) is 1. The quantitative estimate of drug-likeness (QED) is 0.639. The number of pyridine rings is 2. The van der Waals surface area contributed by atoms with E-state index in [1.165, 1.54) is 0 Å². The molecule has 0 aliphatic heterocycles. The fourth-order valence-electron chi connectivity index (χ4n) is 1.92. The van der Waals surface area contributed by atoms with Gasteiger partial charge in [0.1, 0.15) is 5.82 Å². The number of hydrazine groups is 1. The fraction of sp³-hybridized carbons (Fsp3) is 0.286. The van der Waals surface area contributed by atoms with Crippen LogP contribution in [0.2, 0.25) is 0 Å². The Balaban J connectivity index is 2.46. The van der Waals surface area contributed by atoms with Crippen LogP contribution < -0.4 is 11.3 Å². The monoisotopic (exact) mass is 242 g/mol. The van der Waals surface area contributed by atoms with Crippen molar-refractivity contribution in [1.82, 2.24) is 9.97 Å². The summed E-state index contributed by atoms with van der Waals surface area (Å²) < 4.78 is 0. The Morgan fingerprint density at radius 1 is 1.17 bits per heavy atom. The fourth-order valence-corrected chi connectivity index (χ4v) is 1.92. The number of hydrogen-bond acceptors (Lipinski definition) is 4. The molecule has 0 saturated heterocycles. The number of nitrogen functional groups attached to an aromatic ring is 1. The Morgan fingerprint density at radius 3 is 2.50 bits per heavy atom. The summed E-state index contributed by atoms with van der Waals surface area (Å²) in [6.45, 7) is 4.36. The van der Waals surface area contributed by atoms with Crippen LogP contribution in [0.1, 0.15) is 19.5 Å². The zero-order chi connectivity index (χ0) is 13.0. The van der Waals surface area contributed by atoms with Crippen molar-refractivity contribution in [2.45, 2.75) is 20.3 Å². The number of rotatable bonds is 4. The molecular formula is C14H18N4. The second kappa shape index (κ2) is 5.60. The summed E-state index contributed by atoms with van der Waals surface area (Å²) in [5.41, 5.74) is 5.94. The van der Waals surface area contributed by atoms with Crippen molar-refractivity contribution in [3.63, 3.8) is 0 Å². The molecule has 0 aromatic carbocycles. The van der Waals surface area contributed by atoms with Crippen LogP contribution in [0.4, 0.5) is 5.82 Å². The molecule has 0 amide bonds. The number of nitrogens with two attached hydrogens (primary N) is 1. The van der Waals surface area contributed by atoms with Gasteiger partial charge >= 0.3 is 0 Å². The van der Waals surface area contributed by atoms with Gasteiger partial charge in [0, 0.05) is 18.0 Å². The molecule has 0 fully saturated rings. The van der Waals surface area contributed by atoms with Gasteiger partial charge in [-0.15, -0.1) is 0 Å². The molecule has 0 unspecified atom stereocenters. The number of aromatic nitrogens is 2. The molecule has 4 nitrogen and oxygen atoms in total. The largest absolute Gasteiger partial charge is 0.308 e. The molecular weight excluding hydrogens is 224 g/mol. The van der Waals surface area contributed by atoms with Crippen molar-refractivity contribution in [1.29, 1.82) is 0 Å². The van der Waals surface area contributed by atoms with E-state index in [1.54, 1.807) is 12.4 Å². The van der Waals surface area contributed by atoms with Crippen molar-refractivity contribution in [3.8, 4) is 11.1 Å². The molecule has 0 aliphatic rings. The van der Waals surface area contributed by atoms with Gasteiger partial charge in [-0.3, -0.25) is 4.98 Å². The average molecular weight is 242 g/mol. The molecule has 0 spiro atoms. The Kier molecular flexibility index (Phi) is 3.89. The summed E-state index contributed by atoms with van der Waals surface area (Å²) in [7, 11) is 0. The Hall–Kier alpha value is -1.94. The molecule has 94 valence electrons. The zero-order valence-corrected chi connectivity index (χ0v) is 10.7. The third-order valence-electron chi connectivity index (χ3n) is 2.71. The Labute approximate surface area is 107 Å². The van der Waals surface area contributed by atoms with E-state index >= 15 is 0 Å². The third kappa shape index (κ3) is 2.84. The number of hydrogen-bond donors (Lipinski definition) is 2. The third-order valence-corrected chi connectivity index (χ3v) is 2.71. The maximum absolute atomic E-state index is 5.42. The predicted octanol–water partition coefficient (Wildman–Crippen LogP) is 2.63. The molecule has 2 heterocycles. The lowest BCUT2D eigenvalue weighted by atomic mass is 9.99. The summed E-state index contributed by atoms with van der Waals surface area (Å²) >= 11 is 0. The van der Waals surface area contributed by atoms with E-state index in [-0.39, 0.29) is 0 Å². The van der Waals surface area contributed by atoms with E-state index in [0.29, 0.717) is 11.7 Å². The highest BCUT2D eigenvalue weighted by molar-refractivity contribution is 5.66. The smallest absolute Gasteiger partial charge is 0.140 e. The van der Waals surface area contributed by atoms with E-state index in [0.717, 1.165) is 23.2 Å². The zero-order valence-electron chi connectivity index (χ0n) is 10.7. The first kappa shape index (κ1) is 12.5. The highest BCUT2D eigenvalue weighted by atomic mass is 15.2. The Bertz CT molecular complexity index is 508. The summed E-state index contributed by atoms with van der Waals surface area (Å²) in [6, 6.07) is 7.93. The van der Waals surface area contributed by atoms with Crippen LogP contribution in [0.15, 0.2) is 36.7 Å². The van der Waals surface area contributed by atoms with E-state index in [1.807, 2.05) is 18.2 Å². The van der Waals surface area contributed by atoms with Crippen LogP contribution in [0.25, 0.3) is 11.1 Å². The van der Waals surface area contributed by atoms with Gasteiger partial charge < -0.3 is 5.43 Å². The van der Waals surface area contributed by atoms with Crippen LogP contribution in [0.3, 0.4) is 0 Å². The van der Waals surface area contributed by atoms with Crippen LogP contribution in [-0.4, -0.2) is 9.97 Å². The normalized spacial score (nSPS) is 10.7. The molecule has 0 radical (unpaired) electrons. The molecule has 2 rings (SSSR count). The summed E-state index contributed by atoms with van der Waals surface area (Å²) in [6.07, 6.45) is 4.51. The van der Waals surface area contributed by atoms with Crippen molar-refractivity contribution >= 4 is 5.82 Å². The molecule has 2 aromatic rings. The second-order valence-electron chi connectivity index (χ2n) is 4.67. The van der Waals surface area contributed by atoms with Crippen molar-refractivity contribution < 1.29 is 0 Å². The summed E-state index contributed by atoms with van der Waals surface area (Å²) in [4.78, 5) is 8.59. The van der Waals surface area contributed by atoms with Gasteiger partial charge in [0.25, 0.3) is 0 Å². The SMILES string of the molecule is CC(C)Cc1nc(NN)ccc1-c1ccncc1. The number of anilines is 1. The first-order chi connectivity index (χ1) is 8.70. The standard InChI is InChI=1S/C14H18N4/c1-10(2)9-13-12(3-4-14(17-13)18-15)11-5-7-16-8-6-11/h3-8,10H,9,15H2,1-2H3,(H,17,18). The van der Waals surface area contributed by atoms with Gasteiger partial charge in [-0.1, -0.05) is 13.8 Å². The maximum atomic E-state index is 5.42. The van der Waals surface area contributed by atoms with E-state index in [4.69, 9.17) is 5.84 Å². The lowest BCUT2D eigenvalue weighted by Gasteiger charge is -2.12. The molecule has 0 atom stereocenters. The molecule has 4 heteroatoms. The van der Waals surface area contributed by atoms with E-state index in [2.05, 4.69) is 35.3 Å². The maximum Gasteiger partial charge on any atom is 0.140 e. The summed E-state index contributed by atoms with van der Waals surface area (Å²) in [5, 5.41) is 0. The van der Waals surface area contributed by atoms with Crippen LogP contribution in [0, 0.1) is 5.92 Å². The topological polar surface area (TPSA) is 63.8 Å². The molecule has 0 bridgehead atoms.